The van der Waals surface area contributed by atoms with E-state index in [1.165, 1.54) is 0 Å². The highest BCUT2D eigenvalue weighted by Crippen LogP contribution is 2.45. The first kappa shape index (κ1) is 20.9. The summed E-state index contributed by atoms with van der Waals surface area (Å²) in [6, 6.07) is 15.7. The average molecular weight is 426 g/mol. The molecule has 2 aromatic rings. The van der Waals surface area contributed by atoms with Crippen molar-refractivity contribution in [3.63, 3.8) is 0 Å². The Morgan fingerprint density at radius 3 is 2.47 bits per heavy atom. The molecule has 3 N–H and O–H groups in total. The zero-order chi connectivity index (χ0) is 21.1. The fraction of sp³-hybridized carbons (Fsp3) is 0.417. The van der Waals surface area contributed by atoms with E-state index in [0.717, 1.165) is 68.6 Å². The summed E-state index contributed by atoms with van der Waals surface area (Å²) >= 11 is 6.17. The summed E-state index contributed by atoms with van der Waals surface area (Å²) in [5.41, 5.74) is 7.90. The van der Waals surface area contributed by atoms with Gasteiger partial charge >= 0.3 is 0 Å². The third kappa shape index (κ3) is 4.37. The second-order valence-electron chi connectivity index (χ2n) is 8.55. The molecule has 0 atom stereocenters. The van der Waals surface area contributed by atoms with E-state index >= 15 is 0 Å². The van der Waals surface area contributed by atoms with Crippen LogP contribution in [0.3, 0.4) is 0 Å². The van der Waals surface area contributed by atoms with Crippen molar-refractivity contribution in [2.24, 2.45) is 11.7 Å². The van der Waals surface area contributed by atoms with E-state index in [1.807, 2.05) is 42.5 Å². The molecular weight excluding hydrogens is 398 g/mol. The number of benzene rings is 2. The van der Waals surface area contributed by atoms with E-state index in [2.05, 4.69) is 16.3 Å². The van der Waals surface area contributed by atoms with Crippen LogP contribution < -0.4 is 11.1 Å². The highest BCUT2D eigenvalue weighted by atomic mass is 35.5. The van der Waals surface area contributed by atoms with Crippen LogP contribution >= 0.6 is 11.6 Å². The minimum atomic E-state index is -0.489. The van der Waals surface area contributed by atoms with Crippen LogP contribution in [-0.4, -0.2) is 29.8 Å². The van der Waals surface area contributed by atoms with Crippen molar-refractivity contribution < 1.29 is 9.59 Å². The van der Waals surface area contributed by atoms with Gasteiger partial charge in [-0.25, -0.2) is 0 Å². The molecule has 158 valence electrons. The first-order chi connectivity index (χ1) is 14.5. The van der Waals surface area contributed by atoms with Gasteiger partial charge in [0.25, 0.3) is 0 Å². The maximum absolute atomic E-state index is 13.2. The quantitative estimate of drug-likeness (QED) is 0.731. The normalized spacial score (nSPS) is 19.1. The van der Waals surface area contributed by atoms with Gasteiger partial charge < -0.3 is 11.1 Å². The van der Waals surface area contributed by atoms with Crippen LogP contribution in [-0.2, 0) is 21.5 Å². The standard InChI is InChI=1S/C24H28ClN3O2/c25-20-6-2-5-19(15-20)24(10-3-11-24)23(30)27-21-7-1-4-17(14-21)16-28-12-8-18(9-13-28)22(26)29/h1-2,4-7,14-15,18H,3,8-13,16H2,(H2,26,29)(H,27,30). The summed E-state index contributed by atoms with van der Waals surface area (Å²) in [4.78, 5) is 26.9. The fourth-order valence-electron chi connectivity index (χ4n) is 4.60. The zero-order valence-electron chi connectivity index (χ0n) is 17.1. The number of primary amides is 1. The third-order valence-corrected chi connectivity index (χ3v) is 6.84. The molecule has 1 aliphatic carbocycles. The summed E-state index contributed by atoms with van der Waals surface area (Å²) in [6.45, 7) is 2.53. The molecule has 1 saturated heterocycles. The Morgan fingerprint density at radius 1 is 1.10 bits per heavy atom. The van der Waals surface area contributed by atoms with Gasteiger partial charge in [0.15, 0.2) is 0 Å². The van der Waals surface area contributed by atoms with Gasteiger partial charge in [-0.1, -0.05) is 42.3 Å². The number of carbonyl (C=O) groups excluding carboxylic acids is 2. The molecule has 2 fully saturated rings. The summed E-state index contributed by atoms with van der Waals surface area (Å²) in [5.74, 6) is -0.156. The number of nitrogens with one attached hydrogen (secondary N) is 1. The first-order valence-corrected chi connectivity index (χ1v) is 11.0. The molecule has 5 nitrogen and oxygen atoms in total. The summed E-state index contributed by atoms with van der Waals surface area (Å²) in [6.07, 6.45) is 4.35. The molecule has 0 unspecified atom stereocenters. The Balaban J connectivity index is 1.42. The fourth-order valence-corrected chi connectivity index (χ4v) is 4.79. The Morgan fingerprint density at radius 2 is 1.83 bits per heavy atom. The molecule has 0 aromatic heterocycles. The maximum Gasteiger partial charge on any atom is 0.235 e. The van der Waals surface area contributed by atoms with E-state index < -0.39 is 5.41 Å². The molecule has 30 heavy (non-hydrogen) atoms. The summed E-state index contributed by atoms with van der Waals surface area (Å²) < 4.78 is 0. The number of nitrogens with zero attached hydrogens (tertiary/aromatic N) is 1. The van der Waals surface area contributed by atoms with Gasteiger partial charge in [0, 0.05) is 23.2 Å². The van der Waals surface area contributed by atoms with E-state index in [-0.39, 0.29) is 17.7 Å². The number of likely N-dealkylation sites (tertiary alicyclic amines) is 1. The molecule has 2 amide bonds. The predicted octanol–water partition coefficient (Wildman–Crippen LogP) is 4.10. The average Bonchev–Trinajstić information content (AvgIpc) is 2.68. The van der Waals surface area contributed by atoms with Crippen molar-refractivity contribution in [2.75, 3.05) is 18.4 Å². The largest absolute Gasteiger partial charge is 0.369 e. The number of hydrogen-bond donors (Lipinski definition) is 2. The number of hydrogen-bond acceptors (Lipinski definition) is 3. The van der Waals surface area contributed by atoms with E-state index in [1.54, 1.807) is 0 Å². The van der Waals surface area contributed by atoms with Crippen molar-refractivity contribution in [3.8, 4) is 0 Å². The molecule has 0 bridgehead atoms. The number of carbonyl (C=O) groups is 2. The van der Waals surface area contributed by atoms with Crippen LogP contribution in [0.25, 0.3) is 0 Å². The highest BCUT2D eigenvalue weighted by Gasteiger charge is 2.45. The number of nitrogens with two attached hydrogens (primary N) is 1. The number of anilines is 1. The maximum atomic E-state index is 13.2. The SMILES string of the molecule is NC(=O)C1CCN(Cc2cccc(NC(=O)C3(c4cccc(Cl)c4)CCC3)c2)CC1. The predicted molar refractivity (Wildman–Crippen MR) is 119 cm³/mol. The van der Waals surface area contributed by atoms with Gasteiger partial charge in [-0.05, 0) is 74.2 Å². The van der Waals surface area contributed by atoms with Crippen LogP contribution in [0.2, 0.25) is 5.02 Å². The molecular formula is C24H28ClN3O2. The molecule has 4 rings (SSSR count). The third-order valence-electron chi connectivity index (χ3n) is 6.60. The smallest absolute Gasteiger partial charge is 0.235 e. The van der Waals surface area contributed by atoms with Crippen LogP contribution in [0.5, 0.6) is 0 Å². The van der Waals surface area contributed by atoms with Gasteiger partial charge in [0.2, 0.25) is 11.8 Å². The zero-order valence-corrected chi connectivity index (χ0v) is 17.8. The van der Waals surface area contributed by atoms with E-state index in [0.29, 0.717) is 5.02 Å². The Labute approximate surface area is 182 Å². The molecule has 6 heteroatoms. The minimum Gasteiger partial charge on any atom is -0.369 e. The molecule has 2 aromatic carbocycles. The van der Waals surface area contributed by atoms with Crippen molar-refractivity contribution in [1.29, 1.82) is 0 Å². The lowest BCUT2D eigenvalue weighted by atomic mass is 9.64. The lowest BCUT2D eigenvalue weighted by Crippen LogP contribution is -2.46. The summed E-state index contributed by atoms with van der Waals surface area (Å²) in [7, 11) is 0. The van der Waals surface area contributed by atoms with Gasteiger partial charge in [0.05, 0.1) is 5.41 Å². The molecule has 0 spiro atoms. The van der Waals surface area contributed by atoms with Crippen molar-refractivity contribution >= 4 is 29.1 Å². The van der Waals surface area contributed by atoms with Gasteiger partial charge in [-0.2, -0.15) is 0 Å². The lowest BCUT2D eigenvalue weighted by Gasteiger charge is -2.40. The van der Waals surface area contributed by atoms with Crippen molar-refractivity contribution in [2.45, 2.75) is 44.1 Å². The van der Waals surface area contributed by atoms with Crippen molar-refractivity contribution in [1.82, 2.24) is 4.90 Å². The van der Waals surface area contributed by atoms with Crippen LogP contribution in [0.4, 0.5) is 5.69 Å². The van der Waals surface area contributed by atoms with Crippen molar-refractivity contribution in [3.05, 3.63) is 64.7 Å². The van der Waals surface area contributed by atoms with Crippen LogP contribution in [0.1, 0.15) is 43.2 Å². The number of rotatable bonds is 6. The second kappa shape index (κ2) is 8.78. The monoisotopic (exact) mass is 425 g/mol. The topological polar surface area (TPSA) is 75.4 Å². The molecule has 2 aliphatic rings. The second-order valence-corrected chi connectivity index (χ2v) is 8.99. The number of amides is 2. The highest BCUT2D eigenvalue weighted by molar-refractivity contribution is 6.30. The molecule has 0 radical (unpaired) electrons. The Bertz CT molecular complexity index is 934. The number of halogens is 1. The minimum absolute atomic E-state index is 0.00275. The number of piperidine rings is 1. The Kier molecular flexibility index (Phi) is 6.11. The van der Waals surface area contributed by atoms with Gasteiger partial charge in [0.1, 0.15) is 0 Å². The van der Waals surface area contributed by atoms with E-state index in [9.17, 15) is 9.59 Å². The van der Waals surface area contributed by atoms with Gasteiger partial charge in [-0.3, -0.25) is 14.5 Å². The van der Waals surface area contributed by atoms with E-state index in [4.69, 9.17) is 17.3 Å². The Hall–Kier alpha value is -2.37. The molecule has 1 aliphatic heterocycles. The summed E-state index contributed by atoms with van der Waals surface area (Å²) in [5, 5.41) is 3.80. The first-order valence-electron chi connectivity index (χ1n) is 10.6. The molecule has 1 heterocycles. The van der Waals surface area contributed by atoms with Crippen LogP contribution in [0.15, 0.2) is 48.5 Å². The van der Waals surface area contributed by atoms with Gasteiger partial charge in [-0.15, -0.1) is 0 Å². The van der Waals surface area contributed by atoms with Crippen LogP contribution in [0, 0.1) is 5.92 Å². The molecule has 1 saturated carbocycles. The lowest BCUT2D eigenvalue weighted by molar-refractivity contribution is -0.124.